The molecule has 2 amide bonds. The molecule has 0 atom stereocenters. The summed E-state index contributed by atoms with van der Waals surface area (Å²) >= 11 is 0. The second kappa shape index (κ2) is 8.83. The van der Waals surface area contributed by atoms with Gasteiger partial charge in [0.2, 0.25) is 17.7 Å². The Kier molecular flexibility index (Phi) is 5.97. The van der Waals surface area contributed by atoms with Gasteiger partial charge in [0.1, 0.15) is 5.54 Å². The van der Waals surface area contributed by atoms with Crippen molar-refractivity contribution in [1.82, 2.24) is 25.6 Å². The van der Waals surface area contributed by atoms with E-state index < -0.39 is 5.54 Å². The minimum atomic E-state index is -0.593. The van der Waals surface area contributed by atoms with Crippen molar-refractivity contribution < 1.29 is 18.6 Å². The lowest BCUT2D eigenvalue weighted by Crippen LogP contribution is -2.45. The summed E-state index contributed by atoms with van der Waals surface area (Å²) < 4.78 is 10.5. The fraction of sp³-hybridized carbons (Fsp3) is 0.524. The predicted octanol–water partition coefficient (Wildman–Crippen LogP) is 3.17. The number of fused-ring (bicyclic) bond motifs is 1. The number of carbonyl (C=O) groups excluding carboxylic acids is 2. The molecule has 4 rings (SSSR count). The number of amides is 2. The van der Waals surface area contributed by atoms with E-state index in [9.17, 15) is 9.59 Å². The molecule has 3 heterocycles. The molecule has 1 aliphatic rings. The molecule has 10 nitrogen and oxygen atoms in total. The average Bonchev–Trinajstić information content (AvgIpc) is 3.29. The fourth-order valence-corrected chi connectivity index (χ4v) is 4.08. The standard InChI is InChI=1S/C21H26N6O4/c1-13-16-11-15(12-22-19(16)31-26-13)23-17(29)7-8-18-24-20(27-30-18)21(25-14(2)28)9-5-3-4-6-10-21/h11-12H,3-10H2,1-2H3,(H,23,29)(H,25,28). The van der Waals surface area contributed by atoms with E-state index in [4.69, 9.17) is 9.05 Å². The van der Waals surface area contributed by atoms with Gasteiger partial charge in [0.25, 0.3) is 5.71 Å². The number of hydrogen-bond acceptors (Lipinski definition) is 8. The minimum absolute atomic E-state index is 0.110. The van der Waals surface area contributed by atoms with Crippen LogP contribution in [0.3, 0.4) is 0 Å². The molecule has 1 fully saturated rings. The van der Waals surface area contributed by atoms with Gasteiger partial charge in [0.15, 0.2) is 5.82 Å². The number of aryl methyl sites for hydroxylation is 2. The minimum Gasteiger partial charge on any atom is -0.343 e. The molecule has 31 heavy (non-hydrogen) atoms. The zero-order chi connectivity index (χ0) is 21.8. The molecular weight excluding hydrogens is 400 g/mol. The molecule has 164 valence electrons. The summed E-state index contributed by atoms with van der Waals surface area (Å²) in [4.78, 5) is 32.9. The second-order valence-electron chi connectivity index (χ2n) is 8.08. The highest BCUT2D eigenvalue weighted by Gasteiger charge is 2.38. The van der Waals surface area contributed by atoms with Crippen LogP contribution in [0.15, 0.2) is 21.3 Å². The van der Waals surface area contributed by atoms with Crippen LogP contribution >= 0.6 is 0 Å². The third-order valence-electron chi connectivity index (χ3n) is 5.63. The number of aromatic nitrogens is 4. The molecule has 0 bridgehead atoms. The van der Waals surface area contributed by atoms with Gasteiger partial charge in [0.05, 0.1) is 23.0 Å². The van der Waals surface area contributed by atoms with E-state index >= 15 is 0 Å². The summed E-state index contributed by atoms with van der Waals surface area (Å²) in [5.74, 6) is 0.572. The first kappa shape index (κ1) is 21.0. The molecule has 0 spiro atoms. The zero-order valence-corrected chi connectivity index (χ0v) is 17.7. The number of nitrogens with zero attached hydrogens (tertiary/aromatic N) is 4. The van der Waals surface area contributed by atoms with E-state index in [2.05, 4.69) is 30.9 Å². The number of hydrogen-bond donors (Lipinski definition) is 2. The first-order valence-corrected chi connectivity index (χ1v) is 10.6. The Balaban J connectivity index is 1.40. The number of nitrogens with one attached hydrogen (secondary N) is 2. The van der Waals surface area contributed by atoms with Gasteiger partial charge in [-0.05, 0) is 25.8 Å². The fourth-order valence-electron chi connectivity index (χ4n) is 4.08. The first-order chi connectivity index (χ1) is 14.9. The van der Waals surface area contributed by atoms with Crippen LogP contribution in [0.1, 0.15) is 69.3 Å². The van der Waals surface area contributed by atoms with Crippen LogP contribution in [-0.2, 0) is 21.5 Å². The van der Waals surface area contributed by atoms with Gasteiger partial charge in [-0.25, -0.2) is 4.98 Å². The lowest BCUT2D eigenvalue weighted by molar-refractivity contribution is -0.121. The molecule has 3 aromatic rings. The zero-order valence-electron chi connectivity index (χ0n) is 17.7. The van der Waals surface area contributed by atoms with Crippen molar-refractivity contribution in [3.8, 4) is 0 Å². The monoisotopic (exact) mass is 426 g/mol. The molecule has 3 aromatic heterocycles. The van der Waals surface area contributed by atoms with E-state index in [-0.39, 0.29) is 18.2 Å². The quantitative estimate of drug-likeness (QED) is 0.574. The maximum atomic E-state index is 12.4. The van der Waals surface area contributed by atoms with Crippen molar-refractivity contribution in [3.05, 3.63) is 29.7 Å². The van der Waals surface area contributed by atoms with Crippen molar-refractivity contribution in [3.63, 3.8) is 0 Å². The predicted molar refractivity (Wildman–Crippen MR) is 111 cm³/mol. The van der Waals surface area contributed by atoms with Crippen LogP contribution in [0, 0.1) is 6.92 Å². The van der Waals surface area contributed by atoms with E-state index in [0.29, 0.717) is 35.2 Å². The Hall–Kier alpha value is -3.30. The average molecular weight is 426 g/mol. The third-order valence-corrected chi connectivity index (χ3v) is 5.63. The van der Waals surface area contributed by atoms with Gasteiger partial charge in [0, 0.05) is 19.8 Å². The molecule has 0 saturated heterocycles. The van der Waals surface area contributed by atoms with E-state index in [0.717, 1.165) is 43.9 Å². The lowest BCUT2D eigenvalue weighted by atomic mass is 9.89. The molecule has 0 aromatic carbocycles. The number of carbonyl (C=O) groups is 2. The van der Waals surface area contributed by atoms with Crippen molar-refractivity contribution >= 4 is 28.6 Å². The van der Waals surface area contributed by atoms with Crippen molar-refractivity contribution in [2.45, 2.75) is 70.8 Å². The maximum Gasteiger partial charge on any atom is 0.258 e. The number of pyridine rings is 1. The molecule has 1 aliphatic carbocycles. The molecule has 10 heteroatoms. The summed E-state index contributed by atoms with van der Waals surface area (Å²) in [6, 6.07) is 1.78. The van der Waals surface area contributed by atoms with Crippen LogP contribution in [-0.4, -0.2) is 32.1 Å². The maximum absolute atomic E-state index is 12.4. The van der Waals surface area contributed by atoms with Crippen molar-refractivity contribution in [1.29, 1.82) is 0 Å². The topological polar surface area (TPSA) is 136 Å². The number of anilines is 1. The van der Waals surface area contributed by atoms with Crippen LogP contribution in [0.25, 0.3) is 11.1 Å². The van der Waals surface area contributed by atoms with Crippen molar-refractivity contribution in [2.24, 2.45) is 0 Å². The van der Waals surface area contributed by atoms with Gasteiger partial charge in [-0.1, -0.05) is 36.0 Å². The summed E-state index contributed by atoms with van der Waals surface area (Å²) in [6.45, 7) is 3.32. The number of rotatable bonds is 6. The Morgan fingerprint density at radius 2 is 1.90 bits per heavy atom. The van der Waals surface area contributed by atoms with E-state index in [1.807, 2.05) is 6.92 Å². The molecular formula is C21H26N6O4. The van der Waals surface area contributed by atoms with Gasteiger partial charge in [-0.3, -0.25) is 9.59 Å². The van der Waals surface area contributed by atoms with Crippen LogP contribution < -0.4 is 10.6 Å². The molecule has 0 radical (unpaired) electrons. The van der Waals surface area contributed by atoms with E-state index in [1.54, 1.807) is 6.07 Å². The summed E-state index contributed by atoms with van der Waals surface area (Å²) in [5, 5.41) is 14.6. The Labute approximate surface area is 179 Å². The highest BCUT2D eigenvalue weighted by Crippen LogP contribution is 2.34. The van der Waals surface area contributed by atoms with Crippen LogP contribution in [0.4, 0.5) is 5.69 Å². The third kappa shape index (κ3) is 4.73. The second-order valence-corrected chi connectivity index (χ2v) is 8.08. The normalized spacial score (nSPS) is 16.1. The van der Waals surface area contributed by atoms with Crippen LogP contribution in [0.2, 0.25) is 0 Å². The van der Waals surface area contributed by atoms with Gasteiger partial charge >= 0.3 is 0 Å². The smallest absolute Gasteiger partial charge is 0.258 e. The highest BCUT2D eigenvalue weighted by molar-refractivity contribution is 5.92. The SMILES string of the molecule is CC(=O)NC1(c2noc(CCC(=O)Nc3cnc4onc(C)c4c3)n2)CCCCCC1. The highest BCUT2D eigenvalue weighted by atomic mass is 16.5. The molecule has 0 unspecified atom stereocenters. The van der Waals surface area contributed by atoms with Gasteiger partial charge in [-0.15, -0.1) is 0 Å². The Bertz CT molecular complexity index is 1080. The molecule has 1 saturated carbocycles. The van der Waals surface area contributed by atoms with Gasteiger partial charge in [-0.2, -0.15) is 4.98 Å². The van der Waals surface area contributed by atoms with E-state index in [1.165, 1.54) is 13.1 Å². The van der Waals surface area contributed by atoms with Gasteiger partial charge < -0.3 is 19.7 Å². The first-order valence-electron chi connectivity index (χ1n) is 10.6. The summed E-state index contributed by atoms with van der Waals surface area (Å²) in [5.41, 5.74) is 1.12. The summed E-state index contributed by atoms with van der Waals surface area (Å²) in [7, 11) is 0. The molecule has 0 aliphatic heterocycles. The molecule has 2 N–H and O–H groups in total. The Morgan fingerprint density at radius 1 is 1.13 bits per heavy atom. The lowest BCUT2D eigenvalue weighted by Gasteiger charge is -2.30. The van der Waals surface area contributed by atoms with Crippen LogP contribution in [0.5, 0.6) is 0 Å². The largest absolute Gasteiger partial charge is 0.343 e. The van der Waals surface area contributed by atoms with Crippen molar-refractivity contribution in [2.75, 3.05) is 5.32 Å². The Morgan fingerprint density at radius 3 is 2.65 bits per heavy atom. The summed E-state index contributed by atoms with van der Waals surface area (Å²) in [6.07, 6.45) is 7.81.